The zero-order valence-electron chi connectivity index (χ0n) is 15.1. The monoisotopic (exact) mass is 354 g/mol. The van der Waals surface area contributed by atoms with Crippen LogP contribution in [0.2, 0.25) is 0 Å². The molecule has 2 unspecified atom stereocenters. The highest BCUT2D eigenvalue weighted by molar-refractivity contribution is 7.18. The van der Waals surface area contributed by atoms with Gasteiger partial charge in [-0.2, -0.15) is 0 Å². The molecule has 4 aliphatic rings. The van der Waals surface area contributed by atoms with Gasteiger partial charge in [-0.1, -0.05) is 26.0 Å². The number of fused-ring (bicyclic) bond motifs is 1. The number of aromatic nitrogens is 1. The molecule has 25 heavy (non-hydrogen) atoms. The number of rotatable bonds is 3. The number of nitrogens with one attached hydrogen (secondary N) is 1. The van der Waals surface area contributed by atoms with Crippen molar-refractivity contribution in [1.82, 2.24) is 10.3 Å². The van der Waals surface area contributed by atoms with Crippen molar-refractivity contribution < 1.29 is 4.79 Å². The van der Waals surface area contributed by atoms with E-state index in [1.807, 2.05) is 18.2 Å². The van der Waals surface area contributed by atoms with Crippen LogP contribution in [0.1, 0.15) is 57.4 Å². The lowest BCUT2D eigenvalue weighted by Crippen LogP contribution is -2.59. The van der Waals surface area contributed by atoms with Crippen LogP contribution < -0.4 is 5.32 Å². The molecule has 4 bridgehead atoms. The summed E-state index contributed by atoms with van der Waals surface area (Å²) in [7, 11) is 0. The van der Waals surface area contributed by atoms with Crippen LogP contribution in [0.25, 0.3) is 10.2 Å². The van der Waals surface area contributed by atoms with E-state index in [0.717, 1.165) is 35.7 Å². The van der Waals surface area contributed by atoms with Gasteiger partial charge in [0.15, 0.2) is 0 Å². The van der Waals surface area contributed by atoms with Gasteiger partial charge in [-0.25, -0.2) is 4.98 Å². The van der Waals surface area contributed by atoms with Crippen LogP contribution in [0.4, 0.5) is 0 Å². The number of thiazole rings is 1. The highest BCUT2D eigenvalue weighted by Gasteiger charge is 2.62. The molecule has 0 radical (unpaired) electrons. The maximum Gasteiger partial charge on any atom is 0.226 e. The Kier molecular flexibility index (Phi) is 3.20. The number of carbonyl (C=O) groups is 1. The van der Waals surface area contributed by atoms with Gasteiger partial charge < -0.3 is 5.32 Å². The van der Waals surface area contributed by atoms with Gasteiger partial charge in [0.25, 0.3) is 0 Å². The Morgan fingerprint density at radius 3 is 2.56 bits per heavy atom. The number of hydrogen-bond acceptors (Lipinski definition) is 3. The quantitative estimate of drug-likeness (QED) is 0.851. The molecular formula is C21H26N2OS. The van der Waals surface area contributed by atoms with Crippen molar-refractivity contribution in [2.24, 2.45) is 22.2 Å². The Balaban J connectivity index is 1.35. The van der Waals surface area contributed by atoms with E-state index in [1.165, 1.54) is 24.0 Å². The molecule has 1 aromatic carbocycles. The third-order valence-electron chi connectivity index (χ3n) is 6.85. The van der Waals surface area contributed by atoms with E-state index in [4.69, 9.17) is 0 Å². The van der Waals surface area contributed by atoms with Gasteiger partial charge in [-0.15, -0.1) is 11.3 Å². The van der Waals surface area contributed by atoms with Crippen molar-refractivity contribution in [2.75, 3.05) is 0 Å². The second kappa shape index (κ2) is 5.06. The molecule has 0 aliphatic heterocycles. The van der Waals surface area contributed by atoms with Crippen molar-refractivity contribution in [3.8, 4) is 0 Å². The predicted octanol–water partition coefficient (Wildman–Crippen LogP) is 4.91. The summed E-state index contributed by atoms with van der Waals surface area (Å²) in [6, 6.07) is 8.19. The highest BCUT2D eigenvalue weighted by atomic mass is 32.1. The van der Waals surface area contributed by atoms with Gasteiger partial charge in [0.05, 0.1) is 22.2 Å². The van der Waals surface area contributed by atoms with Crippen molar-refractivity contribution in [1.29, 1.82) is 0 Å². The maximum absolute atomic E-state index is 13.2. The first-order valence-electron chi connectivity index (χ1n) is 9.50. The third-order valence-corrected chi connectivity index (χ3v) is 7.88. The van der Waals surface area contributed by atoms with E-state index in [-0.39, 0.29) is 11.3 Å². The molecule has 132 valence electrons. The van der Waals surface area contributed by atoms with Crippen LogP contribution in [0, 0.1) is 22.2 Å². The fourth-order valence-corrected chi connectivity index (χ4v) is 7.95. The molecule has 3 nitrogen and oxygen atoms in total. The van der Waals surface area contributed by atoms with E-state index in [9.17, 15) is 4.79 Å². The van der Waals surface area contributed by atoms with E-state index in [2.05, 4.69) is 30.2 Å². The molecule has 1 N–H and O–H groups in total. The largest absolute Gasteiger partial charge is 0.349 e. The Morgan fingerprint density at radius 1 is 1.16 bits per heavy atom. The Morgan fingerprint density at radius 2 is 1.88 bits per heavy atom. The van der Waals surface area contributed by atoms with Crippen LogP contribution in [0.15, 0.2) is 24.3 Å². The van der Waals surface area contributed by atoms with Crippen molar-refractivity contribution in [3.63, 3.8) is 0 Å². The molecule has 4 heteroatoms. The molecule has 4 saturated carbocycles. The number of carbonyl (C=O) groups excluding carboxylic acids is 1. The summed E-state index contributed by atoms with van der Waals surface area (Å²) in [6.45, 7) is 5.41. The zero-order chi connectivity index (χ0) is 17.3. The summed E-state index contributed by atoms with van der Waals surface area (Å²) in [5.74, 6) is 1.03. The van der Waals surface area contributed by atoms with Gasteiger partial charge >= 0.3 is 0 Å². The van der Waals surface area contributed by atoms with Gasteiger partial charge in [0.1, 0.15) is 5.01 Å². The molecule has 0 spiro atoms. The second-order valence-electron chi connectivity index (χ2n) is 9.67. The summed E-state index contributed by atoms with van der Waals surface area (Å²) in [5.41, 5.74) is 1.66. The Labute approximate surface area is 153 Å². The lowest BCUT2D eigenvalue weighted by molar-refractivity contribution is -0.170. The molecule has 1 heterocycles. The zero-order valence-corrected chi connectivity index (χ0v) is 15.9. The van der Waals surface area contributed by atoms with Crippen molar-refractivity contribution in [3.05, 3.63) is 29.3 Å². The minimum absolute atomic E-state index is 0.125. The van der Waals surface area contributed by atoms with Crippen LogP contribution in [0.5, 0.6) is 0 Å². The first-order valence-corrected chi connectivity index (χ1v) is 10.3. The molecule has 2 aromatic rings. The Hall–Kier alpha value is -1.42. The summed E-state index contributed by atoms with van der Waals surface area (Å²) < 4.78 is 1.20. The normalized spacial score (nSPS) is 39.0. The van der Waals surface area contributed by atoms with E-state index < -0.39 is 0 Å². The van der Waals surface area contributed by atoms with Crippen LogP contribution in [-0.4, -0.2) is 10.9 Å². The number of hydrogen-bond donors (Lipinski definition) is 1. The number of nitrogens with zero attached hydrogens (tertiary/aromatic N) is 1. The second-order valence-corrected chi connectivity index (χ2v) is 10.8. The van der Waals surface area contributed by atoms with E-state index in [0.29, 0.717) is 17.4 Å². The van der Waals surface area contributed by atoms with Crippen LogP contribution >= 0.6 is 11.3 Å². The topological polar surface area (TPSA) is 42.0 Å². The first kappa shape index (κ1) is 15.8. The third kappa shape index (κ3) is 2.52. The molecule has 0 saturated heterocycles. The van der Waals surface area contributed by atoms with E-state index >= 15 is 0 Å². The smallest absolute Gasteiger partial charge is 0.226 e. The minimum Gasteiger partial charge on any atom is -0.349 e. The molecule has 4 aliphatic carbocycles. The van der Waals surface area contributed by atoms with Crippen LogP contribution in [-0.2, 0) is 11.3 Å². The lowest BCUT2D eigenvalue weighted by Gasteiger charge is -2.64. The number of para-hydroxylation sites is 1. The fourth-order valence-electron chi connectivity index (χ4n) is 7.04. The SMILES string of the molecule is CC12CC3CC(C)(C1)CC(C(=O)NCc1nc4ccccc4s1)(C3)C2. The summed E-state index contributed by atoms with van der Waals surface area (Å²) in [5, 5.41) is 4.27. The average molecular weight is 355 g/mol. The van der Waals surface area contributed by atoms with Gasteiger partial charge in [0, 0.05) is 0 Å². The molecule has 1 aromatic heterocycles. The summed E-state index contributed by atoms with van der Waals surface area (Å²) in [6.07, 6.45) is 7.23. The maximum atomic E-state index is 13.2. The van der Waals surface area contributed by atoms with E-state index in [1.54, 1.807) is 11.3 Å². The number of amides is 1. The molecule has 1 amide bonds. The summed E-state index contributed by atoms with van der Waals surface area (Å²) >= 11 is 1.69. The Bertz CT molecular complexity index is 805. The molecular weight excluding hydrogens is 328 g/mol. The predicted molar refractivity (Wildman–Crippen MR) is 101 cm³/mol. The first-order chi connectivity index (χ1) is 11.9. The molecule has 4 fully saturated rings. The van der Waals surface area contributed by atoms with Crippen LogP contribution in [0.3, 0.4) is 0 Å². The standard InChI is InChI=1S/C21H26N2OS/c1-19-7-14-8-20(2,11-19)13-21(9-14,12-19)18(24)22-10-17-23-15-5-3-4-6-16(15)25-17/h3-6,14H,7-13H2,1-2H3,(H,22,24). The van der Waals surface area contributed by atoms with Gasteiger partial charge in [-0.3, -0.25) is 4.79 Å². The number of benzene rings is 1. The molecule has 2 atom stereocenters. The van der Waals surface area contributed by atoms with Crippen molar-refractivity contribution in [2.45, 2.75) is 58.9 Å². The fraction of sp³-hybridized carbons (Fsp3) is 0.619. The lowest BCUT2D eigenvalue weighted by atomic mass is 9.40. The highest BCUT2D eigenvalue weighted by Crippen LogP contribution is 2.69. The van der Waals surface area contributed by atoms with Gasteiger partial charge in [0.2, 0.25) is 5.91 Å². The average Bonchev–Trinajstić information content (AvgIpc) is 2.91. The van der Waals surface area contributed by atoms with Gasteiger partial charge in [-0.05, 0) is 67.4 Å². The van der Waals surface area contributed by atoms with Crippen molar-refractivity contribution >= 4 is 27.5 Å². The summed E-state index contributed by atoms with van der Waals surface area (Å²) in [4.78, 5) is 17.9. The molecule has 6 rings (SSSR count). The minimum atomic E-state index is -0.125.